The van der Waals surface area contributed by atoms with Crippen LogP contribution in [0.5, 0.6) is 11.5 Å². The Kier molecular flexibility index (Phi) is 5.95. The lowest BCUT2D eigenvalue weighted by Crippen LogP contribution is -2.35. The monoisotopic (exact) mass is 397 g/mol. The third-order valence-corrected chi connectivity index (χ3v) is 5.20. The van der Waals surface area contributed by atoms with Crippen molar-refractivity contribution < 1.29 is 9.53 Å². The summed E-state index contributed by atoms with van der Waals surface area (Å²) in [5.41, 5.74) is 2.37. The van der Waals surface area contributed by atoms with Crippen molar-refractivity contribution in [2.75, 3.05) is 31.1 Å². The fourth-order valence-corrected chi connectivity index (χ4v) is 3.63. The van der Waals surface area contributed by atoms with Gasteiger partial charge in [0.05, 0.1) is 11.6 Å². The maximum Gasteiger partial charge on any atom is 0.254 e. The van der Waals surface area contributed by atoms with Crippen LogP contribution in [0.15, 0.2) is 78.9 Å². The summed E-state index contributed by atoms with van der Waals surface area (Å²) < 4.78 is 5.87. The Labute approximate surface area is 176 Å². The van der Waals surface area contributed by atoms with E-state index in [-0.39, 0.29) is 5.91 Å². The fourth-order valence-electron chi connectivity index (χ4n) is 3.63. The maximum atomic E-state index is 13.1. The highest BCUT2D eigenvalue weighted by Gasteiger charge is 2.21. The smallest absolute Gasteiger partial charge is 0.254 e. The van der Waals surface area contributed by atoms with Gasteiger partial charge in [-0.3, -0.25) is 4.79 Å². The fraction of sp³-hybridized carbons (Fsp3) is 0.200. The van der Waals surface area contributed by atoms with Crippen molar-refractivity contribution in [2.45, 2.75) is 6.42 Å². The average Bonchev–Trinajstić information content (AvgIpc) is 3.06. The molecule has 5 nitrogen and oxygen atoms in total. The van der Waals surface area contributed by atoms with Gasteiger partial charge < -0.3 is 14.5 Å². The second-order valence-corrected chi connectivity index (χ2v) is 7.23. The van der Waals surface area contributed by atoms with E-state index in [2.05, 4.69) is 11.0 Å². The Morgan fingerprint density at radius 2 is 1.60 bits per heavy atom. The van der Waals surface area contributed by atoms with Gasteiger partial charge in [0.2, 0.25) is 0 Å². The summed E-state index contributed by atoms with van der Waals surface area (Å²) in [6.45, 7) is 3.02. The van der Waals surface area contributed by atoms with Crippen LogP contribution in [-0.2, 0) is 0 Å². The van der Waals surface area contributed by atoms with E-state index in [1.165, 1.54) is 0 Å². The molecule has 0 unspecified atom stereocenters. The topological polar surface area (TPSA) is 56.6 Å². The minimum absolute atomic E-state index is 0.0233. The number of hydrogen-bond acceptors (Lipinski definition) is 4. The number of para-hydroxylation sites is 1. The van der Waals surface area contributed by atoms with Crippen molar-refractivity contribution in [2.24, 2.45) is 0 Å². The number of anilines is 1. The number of amides is 1. The molecule has 0 atom stereocenters. The molecule has 4 rings (SSSR count). The van der Waals surface area contributed by atoms with Crippen LogP contribution in [0.2, 0.25) is 0 Å². The molecule has 0 saturated carbocycles. The van der Waals surface area contributed by atoms with Crippen LogP contribution in [0.1, 0.15) is 22.3 Å². The predicted octanol–water partition coefficient (Wildman–Crippen LogP) is 4.70. The summed E-state index contributed by atoms with van der Waals surface area (Å²) in [4.78, 5) is 17.3. The van der Waals surface area contributed by atoms with Gasteiger partial charge in [-0.2, -0.15) is 5.26 Å². The molecule has 150 valence electrons. The van der Waals surface area contributed by atoms with Crippen molar-refractivity contribution >= 4 is 11.6 Å². The normalized spacial score (nSPS) is 14.0. The van der Waals surface area contributed by atoms with Crippen LogP contribution in [0, 0.1) is 11.3 Å². The molecule has 1 saturated heterocycles. The molecule has 0 aromatic heterocycles. The maximum absolute atomic E-state index is 13.1. The first-order chi connectivity index (χ1) is 14.7. The van der Waals surface area contributed by atoms with Gasteiger partial charge in [-0.1, -0.05) is 24.3 Å². The molecule has 0 bridgehead atoms. The van der Waals surface area contributed by atoms with Gasteiger partial charge >= 0.3 is 0 Å². The zero-order valence-corrected chi connectivity index (χ0v) is 16.7. The molecular weight excluding hydrogens is 374 g/mol. The number of carbonyl (C=O) groups is 1. The second-order valence-electron chi connectivity index (χ2n) is 7.23. The van der Waals surface area contributed by atoms with Crippen LogP contribution < -0.4 is 9.64 Å². The van der Waals surface area contributed by atoms with Crippen LogP contribution in [0.25, 0.3) is 0 Å². The number of hydrogen-bond donors (Lipinski definition) is 0. The highest BCUT2D eigenvalue weighted by atomic mass is 16.5. The van der Waals surface area contributed by atoms with E-state index in [1.807, 2.05) is 77.7 Å². The summed E-state index contributed by atoms with van der Waals surface area (Å²) in [5.74, 6) is 1.42. The molecular formula is C25H23N3O2. The SMILES string of the molecule is N#Cc1ccc(N2CCCN(C(=O)c3cccc(Oc4ccccc4)c3)CC2)cc1. The quantitative estimate of drug-likeness (QED) is 0.640. The molecule has 3 aromatic rings. The molecule has 3 aromatic carbocycles. The minimum Gasteiger partial charge on any atom is -0.457 e. The van der Waals surface area contributed by atoms with Gasteiger partial charge in [0.1, 0.15) is 11.5 Å². The minimum atomic E-state index is 0.0233. The summed E-state index contributed by atoms with van der Waals surface area (Å²) >= 11 is 0. The molecule has 1 aliphatic rings. The molecule has 1 heterocycles. The van der Waals surface area contributed by atoms with E-state index >= 15 is 0 Å². The molecule has 0 radical (unpaired) electrons. The van der Waals surface area contributed by atoms with E-state index in [4.69, 9.17) is 10.00 Å². The van der Waals surface area contributed by atoms with E-state index in [0.717, 1.165) is 37.5 Å². The van der Waals surface area contributed by atoms with Crippen LogP contribution in [0.3, 0.4) is 0 Å². The highest BCUT2D eigenvalue weighted by molar-refractivity contribution is 5.94. The number of nitriles is 1. The van der Waals surface area contributed by atoms with Crippen LogP contribution in [0.4, 0.5) is 5.69 Å². The first-order valence-corrected chi connectivity index (χ1v) is 10.1. The average molecular weight is 397 g/mol. The number of rotatable bonds is 4. The first kappa shape index (κ1) is 19.5. The third kappa shape index (κ3) is 4.61. The zero-order valence-electron chi connectivity index (χ0n) is 16.7. The summed E-state index contributed by atoms with van der Waals surface area (Å²) in [6.07, 6.45) is 0.895. The third-order valence-electron chi connectivity index (χ3n) is 5.20. The molecule has 5 heteroatoms. The Morgan fingerprint density at radius 1 is 0.833 bits per heavy atom. The molecule has 0 N–H and O–H groups in total. The molecule has 30 heavy (non-hydrogen) atoms. The van der Waals surface area contributed by atoms with Crippen molar-refractivity contribution in [1.82, 2.24) is 4.90 Å². The van der Waals surface area contributed by atoms with E-state index in [9.17, 15) is 4.79 Å². The Balaban J connectivity index is 1.42. The Bertz CT molecular complexity index is 1040. The van der Waals surface area contributed by atoms with E-state index < -0.39 is 0 Å². The largest absolute Gasteiger partial charge is 0.457 e. The summed E-state index contributed by atoms with van der Waals surface area (Å²) in [5, 5.41) is 8.97. The molecule has 1 fully saturated rings. The lowest BCUT2D eigenvalue weighted by molar-refractivity contribution is 0.0766. The van der Waals surface area contributed by atoms with Crippen LogP contribution >= 0.6 is 0 Å². The van der Waals surface area contributed by atoms with Crippen molar-refractivity contribution in [1.29, 1.82) is 5.26 Å². The van der Waals surface area contributed by atoms with Crippen molar-refractivity contribution in [3.63, 3.8) is 0 Å². The number of ether oxygens (including phenoxy) is 1. The van der Waals surface area contributed by atoms with Gasteiger partial charge in [0.15, 0.2) is 0 Å². The predicted molar refractivity (Wildman–Crippen MR) is 117 cm³/mol. The van der Waals surface area contributed by atoms with Crippen molar-refractivity contribution in [3.05, 3.63) is 90.0 Å². The molecule has 0 aliphatic carbocycles. The van der Waals surface area contributed by atoms with Gasteiger partial charge in [-0.05, 0) is 61.0 Å². The molecule has 1 amide bonds. The lowest BCUT2D eigenvalue weighted by atomic mass is 10.2. The lowest BCUT2D eigenvalue weighted by Gasteiger charge is -2.24. The Morgan fingerprint density at radius 3 is 2.37 bits per heavy atom. The second kappa shape index (κ2) is 9.15. The number of carbonyl (C=O) groups excluding carboxylic acids is 1. The van der Waals surface area contributed by atoms with E-state index in [0.29, 0.717) is 23.4 Å². The summed E-state index contributed by atoms with van der Waals surface area (Å²) in [6, 6.07) is 26.7. The first-order valence-electron chi connectivity index (χ1n) is 10.1. The highest BCUT2D eigenvalue weighted by Crippen LogP contribution is 2.23. The molecule has 0 spiro atoms. The zero-order chi connectivity index (χ0) is 20.8. The number of nitrogens with zero attached hydrogens (tertiary/aromatic N) is 3. The van der Waals surface area contributed by atoms with Crippen molar-refractivity contribution in [3.8, 4) is 17.6 Å². The number of benzene rings is 3. The Hall–Kier alpha value is -3.78. The standard InChI is InChI=1S/C25H23N3O2/c26-19-20-10-12-22(13-11-20)27-14-5-15-28(17-16-27)25(29)21-6-4-9-24(18-21)30-23-7-2-1-3-8-23/h1-4,6-13,18H,5,14-17H2. The van der Waals surface area contributed by atoms with Crippen LogP contribution in [-0.4, -0.2) is 37.0 Å². The van der Waals surface area contributed by atoms with Gasteiger partial charge in [-0.25, -0.2) is 0 Å². The molecule has 1 aliphatic heterocycles. The van der Waals surface area contributed by atoms with Gasteiger partial charge in [-0.15, -0.1) is 0 Å². The van der Waals surface area contributed by atoms with E-state index in [1.54, 1.807) is 6.07 Å². The van der Waals surface area contributed by atoms with Gasteiger partial charge in [0, 0.05) is 37.4 Å². The summed E-state index contributed by atoms with van der Waals surface area (Å²) in [7, 11) is 0. The van der Waals surface area contributed by atoms with Gasteiger partial charge in [0.25, 0.3) is 5.91 Å².